The monoisotopic (exact) mass is 308 g/mol. The largest absolute Gasteiger partial charge is 0.374 e. The van der Waals surface area contributed by atoms with Crippen LogP contribution in [0.25, 0.3) is 0 Å². The molecular weight excluding hydrogens is 288 g/mol. The van der Waals surface area contributed by atoms with Crippen LogP contribution in [0.4, 0.5) is 11.4 Å². The summed E-state index contributed by atoms with van der Waals surface area (Å²) in [4.78, 5) is 16.2. The molecule has 1 aliphatic heterocycles. The smallest absolute Gasteiger partial charge is 0.159 e. The third-order valence-corrected chi connectivity index (χ3v) is 5.62. The number of carbonyl (C=O) groups excluding carboxylic acids is 1. The van der Waals surface area contributed by atoms with Gasteiger partial charge in [-0.15, -0.1) is 11.8 Å². The first kappa shape index (κ1) is 15.4. The van der Waals surface area contributed by atoms with E-state index >= 15 is 0 Å². The summed E-state index contributed by atoms with van der Waals surface area (Å²) in [5, 5.41) is 4.01. The van der Waals surface area contributed by atoms with Crippen LogP contribution in [0.3, 0.4) is 0 Å². The number of Topliss-reactive ketones (excluding diaryl/α,β-unsaturated/α-hetero) is 1. The number of benzene rings is 1. The average molecular weight is 308 g/mol. The van der Waals surface area contributed by atoms with Crippen molar-refractivity contribution in [3.63, 3.8) is 0 Å². The second-order valence-electron chi connectivity index (χ2n) is 4.95. The van der Waals surface area contributed by atoms with E-state index in [4.69, 9.17) is 0 Å². The van der Waals surface area contributed by atoms with E-state index in [0.29, 0.717) is 5.25 Å². The van der Waals surface area contributed by atoms with Gasteiger partial charge < -0.3 is 5.32 Å². The molecule has 0 amide bonds. The minimum atomic E-state index is 0.0844. The average Bonchev–Trinajstić information content (AvgIpc) is 2.42. The highest BCUT2D eigenvalue weighted by molar-refractivity contribution is 8.03. The van der Waals surface area contributed by atoms with Crippen LogP contribution in [0, 0.1) is 0 Å². The lowest BCUT2D eigenvalue weighted by Crippen LogP contribution is -2.07. The maximum atomic E-state index is 11.5. The van der Waals surface area contributed by atoms with Crippen LogP contribution < -0.4 is 5.32 Å². The Morgan fingerprint density at radius 1 is 1.45 bits per heavy atom. The van der Waals surface area contributed by atoms with Gasteiger partial charge in [0.15, 0.2) is 5.78 Å². The van der Waals surface area contributed by atoms with Crippen LogP contribution in [-0.2, 0) is 0 Å². The SMILES string of the molecule is CC(=O)c1ccc2c(c1)NCSC(C)CSC/C(C)=N/2. The fourth-order valence-electron chi connectivity index (χ4n) is 1.91. The van der Waals surface area contributed by atoms with Crippen molar-refractivity contribution in [2.24, 2.45) is 4.99 Å². The molecule has 20 heavy (non-hydrogen) atoms. The zero-order valence-electron chi connectivity index (χ0n) is 12.1. The van der Waals surface area contributed by atoms with Gasteiger partial charge in [0.1, 0.15) is 0 Å². The quantitative estimate of drug-likeness (QED) is 0.789. The Balaban J connectivity index is 2.32. The summed E-state index contributed by atoms with van der Waals surface area (Å²) in [6.45, 7) is 5.90. The van der Waals surface area contributed by atoms with Gasteiger partial charge in [-0.3, -0.25) is 9.79 Å². The third-order valence-electron chi connectivity index (χ3n) is 3.01. The fraction of sp³-hybridized carbons (Fsp3) is 0.467. The molecule has 1 aromatic rings. The Labute approximate surface area is 129 Å². The number of fused-ring (bicyclic) bond motifs is 1. The van der Waals surface area contributed by atoms with Gasteiger partial charge in [-0.05, 0) is 32.0 Å². The predicted molar refractivity (Wildman–Crippen MR) is 92.1 cm³/mol. The van der Waals surface area contributed by atoms with E-state index in [9.17, 15) is 4.79 Å². The van der Waals surface area contributed by atoms with Crippen molar-refractivity contribution in [1.29, 1.82) is 0 Å². The van der Waals surface area contributed by atoms with Crippen LogP contribution in [0.1, 0.15) is 31.1 Å². The number of nitrogens with zero attached hydrogens (tertiary/aromatic N) is 1. The lowest BCUT2D eigenvalue weighted by molar-refractivity contribution is 0.101. The zero-order chi connectivity index (χ0) is 14.5. The minimum absolute atomic E-state index is 0.0844. The second kappa shape index (κ2) is 7.18. The van der Waals surface area contributed by atoms with E-state index < -0.39 is 0 Å². The lowest BCUT2D eigenvalue weighted by atomic mass is 10.1. The first-order valence-electron chi connectivity index (χ1n) is 6.68. The first-order valence-corrected chi connectivity index (χ1v) is 8.89. The summed E-state index contributed by atoms with van der Waals surface area (Å²) in [6.07, 6.45) is 0. The van der Waals surface area contributed by atoms with Gasteiger partial charge in [0.2, 0.25) is 0 Å². The standard InChI is InChI=1S/C15H20N2OS2/c1-10-7-19-8-11(2)20-9-16-15-6-13(12(3)18)4-5-14(15)17-10/h4-6,11,16H,7-9H2,1-3H3/b17-10+. The number of aliphatic imine (C=N–C) groups is 1. The molecule has 0 saturated carbocycles. The maximum absolute atomic E-state index is 11.5. The van der Waals surface area contributed by atoms with Gasteiger partial charge in [0.25, 0.3) is 0 Å². The molecule has 1 unspecified atom stereocenters. The van der Waals surface area contributed by atoms with Gasteiger partial charge in [0, 0.05) is 28.0 Å². The topological polar surface area (TPSA) is 41.5 Å². The summed E-state index contributed by atoms with van der Waals surface area (Å²) in [7, 11) is 0. The number of ketones is 1. The van der Waals surface area contributed by atoms with Crippen molar-refractivity contribution in [2.45, 2.75) is 26.0 Å². The molecule has 0 aliphatic carbocycles. The molecule has 2 rings (SSSR count). The van der Waals surface area contributed by atoms with Gasteiger partial charge in [-0.25, -0.2) is 0 Å². The van der Waals surface area contributed by atoms with Crippen LogP contribution in [-0.4, -0.2) is 34.1 Å². The second-order valence-corrected chi connectivity index (χ2v) is 7.41. The van der Waals surface area contributed by atoms with E-state index in [2.05, 4.69) is 24.2 Å². The molecule has 0 spiro atoms. The number of anilines is 1. The molecule has 108 valence electrons. The Morgan fingerprint density at radius 3 is 3.00 bits per heavy atom. The molecule has 5 heteroatoms. The number of thioether (sulfide) groups is 2. The molecule has 0 saturated heterocycles. The van der Waals surface area contributed by atoms with E-state index in [0.717, 1.165) is 40.0 Å². The van der Waals surface area contributed by atoms with Gasteiger partial charge in [-0.1, -0.05) is 6.92 Å². The summed E-state index contributed by atoms with van der Waals surface area (Å²) in [6, 6.07) is 5.69. The van der Waals surface area contributed by atoms with Crippen LogP contribution in [0.5, 0.6) is 0 Å². The molecule has 0 radical (unpaired) electrons. The van der Waals surface area contributed by atoms with Crippen molar-refractivity contribution in [3.8, 4) is 0 Å². The highest BCUT2D eigenvalue weighted by Crippen LogP contribution is 2.29. The number of nitrogens with one attached hydrogen (secondary N) is 1. The molecule has 1 N–H and O–H groups in total. The molecule has 3 nitrogen and oxygen atoms in total. The number of rotatable bonds is 1. The van der Waals surface area contributed by atoms with Crippen LogP contribution >= 0.6 is 23.5 Å². The summed E-state index contributed by atoms with van der Waals surface area (Å²) < 4.78 is 0. The summed E-state index contributed by atoms with van der Waals surface area (Å²) in [5.74, 6) is 3.01. The first-order chi connectivity index (χ1) is 9.56. The fourth-order valence-corrected chi connectivity index (χ4v) is 3.92. The number of hydrogen-bond donors (Lipinski definition) is 1. The molecule has 1 atom stereocenters. The lowest BCUT2D eigenvalue weighted by Gasteiger charge is -2.12. The minimum Gasteiger partial charge on any atom is -0.374 e. The van der Waals surface area contributed by atoms with Crippen molar-refractivity contribution >= 4 is 46.4 Å². The summed E-state index contributed by atoms with van der Waals surface area (Å²) >= 11 is 3.82. The Morgan fingerprint density at radius 2 is 2.25 bits per heavy atom. The van der Waals surface area contributed by atoms with E-state index in [1.54, 1.807) is 6.92 Å². The van der Waals surface area contributed by atoms with E-state index in [1.165, 1.54) is 0 Å². The highest BCUT2D eigenvalue weighted by Gasteiger charge is 2.10. The third kappa shape index (κ3) is 4.28. The van der Waals surface area contributed by atoms with E-state index in [1.807, 2.05) is 41.7 Å². The molecule has 0 bridgehead atoms. The molecule has 0 fully saturated rings. The normalized spacial score (nSPS) is 22.8. The van der Waals surface area contributed by atoms with Gasteiger partial charge in [-0.2, -0.15) is 11.8 Å². The van der Waals surface area contributed by atoms with E-state index in [-0.39, 0.29) is 5.78 Å². The Hall–Kier alpha value is -0.940. The molecule has 1 aliphatic rings. The van der Waals surface area contributed by atoms with Crippen molar-refractivity contribution in [1.82, 2.24) is 0 Å². The van der Waals surface area contributed by atoms with Gasteiger partial charge >= 0.3 is 0 Å². The maximum Gasteiger partial charge on any atom is 0.159 e. The highest BCUT2D eigenvalue weighted by atomic mass is 32.2. The molecular formula is C15H20N2OS2. The zero-order valence-corrected chi connectivity index (χ0v) is 13.7. The molecule has 0 aromatic heterocycles. The van der Waals surface area contributed by atoms with Crippen molar-refractivity contribution in [3.05, 3.63) is 23.8 Å². The van der Waals surface area contributed by atoms with Crippen LogP contribution in [0.15, 0.2) is 23.2 Å². The van der Waals surface area contributed by atoms with Crippen LogP contribution in [0.2, 0.25) is 0 Å². The number of carbonyl (C=O) groups is 1. The Bertz CT molecular complexity index is 529. The summed E-state index contributed by atoms with van der Waals surface area (Å²) in [5.41, 5.74) is 3.71. The molecule has 1 heterocycles. The predicted octanol–water partition coefficient (Wildman–Crippen LogP) is 4.22. The molecule has 1 aromatic carbocycles. The van der Waals surface area contributed by atoms with Gasteiger partial charge in [0.05, 0.1) is 17.3 Å². The Kier molecular flexibility index (Phi) is 5.54. The van der Waals surface area contributed by atoms with Crippen molar-refractivity contribution in [2.75, 3.05) is 22.7 Å². The van der Waals surface area contributed by atoms with Crippen molar-refractivity contribution < 1.29 is 4.79 Å². The number of hydrogen-bond acceptors (Lipinski definition) is 5.